The van der Waals surface area contributed by atoms with Gasteiger partial charge in [0.1, 0.15) is 5.69 Å². The van der Waals surface area contributed by atoms with E-state index in [9.17, 15) is 14.9 Å². The van der Waals surface area contributed by atoms with Crippen molar-refractivity contribution in [2.45, 2.75) is 26.3 Å². The number of carbonyl (C=O) groups excluding carboxylic acids is 1. The maximum Gasteiger partial charge on any atom is 0.293 e. The van der Waals surface area contributed by atoms with E-state index >= 15 is 0 Å². The summed E-state index contributed by atoms with van der Waals surface area (Å²) in [6.07, 6.45) is 2.06. The molecule has 7 nitrogen and oxygen atoms in total. The molecule has 2 aromatic rings. The first-order chi connectivity index (χ1) is 13.1. The highest BCUT2D eigenvalue weighted by Gasteiger charge is 2.23. The fourth-order valence-corrected chi connectivity index (χ4v) is 3.27. The minimum atomic E-state index is -0.415. The molecule has 1 aliphatic heterocycles. The van der Waals surface area contributed by atoms with E-state index < -0.39 is 4.92 Å². The van der Waals surface area contributed by atoms with Crippen molar-refractivity contribution in [3.8, 4) is 0 Å². The molecule has 0 unspecified atom stereocenters. The van der Waals surface area contributed by atoms with Crippen LogP contribution in [0.3, 0.4) is 0 Å². The highest BCUT2D eigenvalue weighted by molar-refractivity contribution is 6.05. The topological polar surface area (TPSA) is 87.5 Å². The van der Waals surface area contributed by atoms with Crippen molar-refractivity contribution >= 4 is 23.0 Å². The number of carbonyl (C=O) groups is 1. The van der Waals surface area contributed by atoms with Crippen LogP contribution in [0.2, 0.25) is 0 Å². The Bertz CT molecular complexity index is 832. The van der Waals surface area contributed by atoms with E-state index in [-0.39, 0.29) is 17.2 Å². The summed E-state index contributed by atoms with van der Waals surface area (Å²) < 4.78 is 0. The normalized spacial score (nSPS) is 13.6. The molecule has 0 atom stereocenters. The average Bonchev–Trinajstić information content (AvgIpc) is 3.20. The zero-order chi connectivity index (χ0) is 19.2. The molecule has 0 saturated carbocycles. The molecule has 0 radical (unpaired) electrons. The van der Waals surface area contributed by atoms with Crippen molar-refractivity contribution in [1.82, 2.24) is 5.32 Å². The van der Waals surface area contributed by atoms with Crippen molar-refractivity contribution in [1.29, 1.82) is 0 Å². The van der Waals surface area contributed by atoms with Gasteiger partial charge in [0.15, 0.2) is 0 Å². The molecule has 2 aromatic carbocycles. The molecule has 27 heavy (non-hydrogen) atoms. The largest absolute Gasteiger partial charge is 0.366 e. The van der Waals surface area contributed by atoms with Crippen LogP contribution < -0.4 is 15.5 Å². The predicted molar refractivity (Wildman–Crippen MR) is 106 cm³/mol. The summed E-state index contributed by atoms with van der Waals surface area (Å²) in [5.41, 5.74) is 2.57. The lowest BCUT2D eigenvalue weighted by Crippen LogP contribution is -2.20. The van der Waals surface area contributed by atoms with E-state index in [1.165, 1.54) is 6.07 Å². The Balaban J connectivity index is 1.78. The molecule has 0 spiro atoms. The lowest BCUT2D eigenvalue weighted by Gasteiger charge is -2.17. The summed E-state index contributed by atoms with van der Waals surface area (Å²) in [5.74, 6) is -0.355. The molecule has 142 valence electrons. The number of hydrogen-bond acceptors (Lipinski definition) is 5. The lowest BCUT2D eigenvalue weighted by atomic mass is 10.1. The smallest absolute Gasteiger partial charge is 0.293 e. The number of rotatable bonds is 7. The number of anilines is 2. The van der Waals surface area contributed by atoms with Gasteiger partial charge < -0.3 is 15.5 Å². The van der Waals surface area contributed by atoms with E-state index in [0.29, 0.717) is 11.4 Å². The van der Waals surface area contributed by atoms with Crippen molar-refractivity contribution in [2.24, 2.45) is 0 Å². The van der Waals surface area contributed by atoms with Crippen LogP contribution in [0.25, 0.3) is 0 Å². The van der Waals surface area contributed by atoms with Crippen LogP contribution in [0.4, 0.5) is 17.1 Å². The molecule has 1 fully saturated rings. The minimum absolute atomic E-state index is 0.0227. The number of nitrogens with zero attached hydrogens (tertiary/aromatic N) is 2. The molecular weight excluding hydrogens is 344 g/mol. The molecule has 1 heterocycles. The molecule has 3 rings (SSSR count). The van der Waals surface area contributed by atoms with Crippen LogP contribution >= 0.6 is 0 Å². The van der Waals surface area contributed by atoms with Crippen LogP contribution in [0.5, 0.6) is 0 Å². The summed E-state index contributed by atoms with van der Waals surface area (Å²) in [4.78, 5) is 25.7. The van der Waals surface area contributed by atoms with Gasteiger partial charge in [-0.15, -0.1) is 0 Å². The highest BCUT2D eigenvalue weighted by atomic mass is 16.6. The molecule has 7 heteroatoms. The second-order valence-corrected chi connectivity index (χ2v) is 6.59. The maximum atomic E-state index is 12.6. The second kappa shape index (κ2) is 8.64. The first kappa shape index (κ1) is 18.8. The summed E-state index contributed by atoms with van der Waals surface area (Å²) >= 11 is 0. The second-order valence-electron chi connectivity index (χ2n) is 6.59. The number of hydrogen-bond donors (Lipinski definition) is 2. The SMILES string of the molecule is CCNCc1cccc(NC(=O)c2ccc(N3CCCC3)c([N+](=O)[O-])c2)c1. The van der Waals surface area contributed by atoms with Crippen molar-refractivity contribution < 1.29 is 9.72 Å². The molecule has 1 aliphatic rings. The van der Waals surface area contributed by atoms with E-state index in [0.717, 1.165) is 44.6 Å². The van der Waals surface area contributed by atoms with Gasteiger partial charge in [-0.2, -0.15) is 0 Å². The summed E-state index contributed by atoms with van der Waals surface area (Å²) in [7, 11) is 0. The van der Waals surface area contributed by atoms with Gasteiger partial charge in [-0.1, -0.05) is 19.1 Å². The van der Waals surface area contributed by atoms with Gasteiger partial charge in [0, 0.05) is 37.0 Å². The van der Waals surface area contributed by atoms with Gasteiger partial charge in [0.05, 0.1) is 4.92 Å². The molecule has 0 aliphatic carbocycles. The third kappa shape index (κ3) is 4.62. The minimum Gasteiger partial charge on any atom is -0.366 e. The maximum absolute atomic E-state index is 12.6. The summed E-state index contributed by atoms with van der Waals surface area (Å²) in [6, 6.07) is 12.3. The molecule has 1 saturated heterocycles. The fourth-order valence-electron chi connectivity index (χ4n) is 3.27. The quantitative estimate of drug-likeness (QED) is 0.576. The van der Waals surface area contributed by atoms with Crippen LogP contribution in [-0.2, 0) is 6.54 Å². The van der Waals surface area contributed by atoms with Crippen LogP contribution in [0.1, 0.15) is 35.7 Å². The first-order valence-electron chi connectivity index (χ1n) is 9.23. The summed E-state index contributed by atoms with van der Waals surface area (Å²) in [5, 5.41) is 17.6. The van der Waals surface area contributed by atoms with Crippen LogP contribution in [0, 0.1) is 10.1 Å². The number of nitro benzene ring substituents is 1. The zero-order valence-corrected chi connectivity index (χ0v) is 15.4. The van der Waals surface area contributed by atoms with Gasteiger partial charge in [-0.05, 0) is 49.2 Å². The Kier molecular flexibility index (Phi) is 6.03. The molecule has 2 N–H and O–H groups in total. The van der Waals surface area contributed by atoms with Gasteiger partial charge in [0.25, 0.3) is 11.6 Å². The third-order valence-corrected chi connectivity index (χ3v) is 4.65. The number of nitro groups is 1. The third-order valence-electron chi connectivity index (χ3n) is 4.65. The van der Waals surface area contributed by atoms with Crippen molar-refractivity contribution in [3.05, 3.63) is 63.7 Å². The van der Waals surface area contributed by atoms with Gasteiger partial charge in [-0.3, -0.25) is 14.9 Å². The Morgan fingerprint density at radius 2 is 1.96 bits per heavy atom. The summed E-state index contributed by atoms with van der Waals surface area (Å²) in [6.45, 7) is 5.24. The van der Waals surface area contributed by atoms with Crippen molar-refractivity contribution in [3.63, 3.8) is 0 Å². The van der Waals surface area contributed by atoms with Gasteiger partial charge in [-0.25, -0.2) is 0 Å². The van der Waals surface area contributed by atoms with Crippen molar-refractivity contribution in [2.75, 3.05) is 29.9 Å². The monoisotopic (exact) mass is 368 g/mol. The van der Waals surface area contributed by atoms with E-state index in [4.69, 9.17) is 0 Å². The highest BCUT2D eigenvalue weighted by Crippen LogP contribution is 2.31. The number of nitrogens with one attached hydrogen (secondary N) is 2. The molecule has 0 aromatic heterocycles. The fraction of sp³-hybridized carbons (Fsp3) is 0.350. The molecule has 0 bridgehead atoms. The van der Waals surface area contributed by atoms with E-state index in [2.05, 4.69) is 10.6 Å². The van der Waals surface area contributed by atoms with Gasteiger partial charge in [0.2, 0.25) is 0 Å². The predicted octanol–water partition coefficient (Wildman–Crippen LogP) is 3.56. The van der Waals surface area contributed by atoms with Crippen LogP contribution in [-0.4, -0.2) is 30.5 Å². The Morgan fingerprint density at radius 1 is 1.19 bits per heavy atom. The number of amides is 1. The molecular formula is C20H24N4O3. The lowest BCUT2D eigenvalue weighted by molar-refractivity contribution is -0.384. The Hall–Kier alpha value is -2.93. The van der Waals surface area contributed by atoms with Crippen LogP contribution in [0.15, 0.2) is 42.5 Å². The standard InChI is InChI=1S/C20H24N4O3/c1-2-21-14-15-6-5-7-17(12-15)22-20(25)16-8-9-18(19(13-16)24(26)27)23-10-3-4-11-23/h5-9,12-13,21H,2-4,10-11,14H2,1H3,(H,22,25). The Labute approximate surface area is 158 Å². The number of benzene rings is 2. The molecule has 1 amide bonds. The zero-order valence-electron chi connectivity index (χ0n) is 15.4. The first-order valence-corrected chi connectivity index (χ1v) is 9.23. The van der Waals surface area contributed by atoms with Gasteiger partial charge >= 0.3 is 0 Å². The van der Waals surface area contributed by atoms with E-state index in [1.807, 2.05) is 30.0 Å². The average molecular weight is 368 g/mol. The van der Waals surface area contributed by atoms with E-state index in [1.54, 1.807) is 18.2 Å². The Morgan fingerprint density at radius 3 is 2.67 bits per heavy atom.